The van der Waals surface area contributed by atoms with Gasteiger partial charge in [-0.15, -0.1) is 0 Å². The molecular weight excluding hydrogens is 466 g/mol. The Kier molecular flexibility index (Phi) is 5.16. The average molecular weight is 482 g/mol. The minimum absolute atomic E-state index is 0.00113. The first-order chi connectivity index (χ1) is 15.9. The highest BCUT2D eigenvalue weighted by Gasteiger charge is 2.46. The van der Waals surface area contributed by atoms with Crippen LogP contribution in [0.25, 0.3) is 10.2 Å². The van der Waals surface area contributed by atoms with E-state index in [9.17, 15) is 19.9 Å². The van der Waals surface area contributed by atoms with Crippen molar-refractivity contribution in [3.8, 4) is 0 Å². The second-order valence-electron chi connectivity index (χ2n) is 7.43. The third kappa shape index (κ3) is 3.56. The molecule has 8 nitrogen and oxygen atoms in total. The first kappa shape index (κ1) is 21.2. The number of Topliss-reactive ketones (excluding diaryl/α,β-unsaturated/α-hetero) is 1. The Balaban J connectivity index is 1.69. The largest absolute Gasteiger partial charge is 0.503 e. The number of carbonyl (C=O) groups excluding carboxylic acids is 2. The van der Waals surface area contributed by atoms with Crippen LogP contribution in [0.5, 0.6) is 0 Å². The molecule has 1 unspecified atom stereocenters. The molecule has 0 fully saturated rings. The molecule has 0 spiro atoms. The summed E-state index contributed by atoms with van der Waals surface area (Å²) in [5, 5.41) is 21.0. The Labute approximate surface area is 196 Å². The van der Waals surface area contributed by atoms with Crippen molar-refractivity contribution < 1.29 is 24.3 Å². The van der Waals surface area contributed by atoms with Crippen LogP contribution in [0, 0.1) is 6.92 Å². The van der Waals surface area contributed by atoms with Crippen LogP contribution in [0.15, 0.2) is 70.3 Å². The number of thiazole rings is 1. The summed E-state index contributed by atoms with van der Waals surface area (Å²) in [6.07, 6.45) is 0. The number of furan rings is 1. The zero-order chi connectivity index (χ0) is 23.3. The number of hydrogen-bond acceptors (Lipinski definition) is 8. The monoisotopic (exact) mass is 481 g/mol. The summed E-state index contributed by atoms with van der Waals surface area (Å²) >= 11 is 7.30. The number of fused-ring (bicyclic) bond motifs is 1. The number of benzene rings is 2. The first-order valence-corrected chi connectivity index (χ1v) is 11.0. The van der Waals surface area contributed by atoms with E-state index in [0.29, 0.717) is 27.6 Å². The van der Waals surface area contributed by atoms with E-state index in [1.165, 1.54) is 22.3 Å². The number of anilines is 2. The molecule has 1 aliphatic heterocycles. The molecule has 5 rings (SSSR count). The normalized spacial score (nSPS) is 16.2. The Hall–Kier alpha value is -3.66. The fourth-order valence-electron chi connectivity index (χ4n) is 3.81. The third-order valence-corrected chi connectivity index (χ3v) is 6.55. The van der Waals surface area contributed by atoms with Crippen molar-refractivity contribution in [2.75, 3.05) is 10.4 Å². The summed E-state index contributed by atoms with van der Waals surface area (Å²) in [6.45, 7) is 1.69. The van der Waals surface area contributed by atoms with Gasteiger partial charge in [-0.2, -0.15) is 0 Å². The minimum atomic E-state index is -1.00. The summed E-state index contributed by atoms with van der Waals surface area (Å²) in [4.78, 5) is 32.4. The summed E-state index contributed by atoms with van der Waals surface area (Å²) in [5.74, 6) is -1.54. The van der Waals surface area contributed by atoms with Gasteiger partial charge in [-0.05, 0) is 55.0 Å². The van der Waals surface area contributed by atoms with Gasteiger partial charge in [0.15, 0.2) is 16.7 Å². The average Bonchev–Trinajstić information content (AvgIpc) is 3.49. The van der Waals surface area contributed by atoms with Crippen molar-refractivity contribution in [1.82, 2.24) is 4.98 Å². The lowest BCUT2D eigenvalue weighted by Gasteiger charge is -2.24. The molecule has 0 saturated carbocycles. The molecule has 1 amide bonds. The molecule has 33 heavy (non-hydrogen) atoms. The smallest absolute Gasteiger partial charge is 0.296 e. The number of ketones is 1. The van der Waals surface area contributed by atoms with Crippen molar-refractivity contribution in [2.24, 2.45) is 0 Å². The molecule has 10 heteroatoms. The molecule has 0 bridgehead atoms. The van der Waals surface area contributed by atoms with Gasteiger partial charge in [0.1, 0.15) is 5.76 Å². The lowest BCUT2D eigenvalue weighted by molar-refractivity contribution is -0.117. The molecule has 0 radical (unpaired) electrons. The van der Waals surface area contributed by atoms with E-state index >= 15 is 0 Å². The van der Waals surface area contributed by atoms with E-state index in [1.807, 2.05) is 0 Å². The second-order valence-corrected chi connectivity index (χ2v) is 8.87. The van der Waals surface area contributed by atoms with E-state index in [4.69, 9.17) is 16.0 Å². The summed E-state index contributed by atoms with van der Waals surface area (Å²) < 4.78 is 6.21. The van der Waals surface area contributed by atoms with E-state index < -0.39 is 23.5 Å². The van der Waals surface area contributed by atoms with Crippen LogP contribution < -0.4 is 10.4 Å². The molecule has 0 aliphatic carbocycles. The molecule has 2 aromatic carbocycles. The number of aliphatic hydroxyl groups excluding tert-OH is 1. The number of rotatable bonds is 5. The van der Waals surface area contributed by atoms with Crippen LogP contribution in [0.2, 0.25) is 5.02 Å². The van der Waals surface area contributed by atoms with Gasteiger partial charge in [0, 0.05) is 5.02 Å². The molecule has 0 saturated heterocycles. The topological polar surface area (TPSA) is 116 Å². The van der Waals surface area contributed by atoms with Crippen molar-refractivity contribution >= 4 is 55.7 Å². The third-order valence-electron chi connectivity index (χ3n) is 5.29. The van der Waals surface area contributed by atoms with Gasteiger partial charge in [-0.25, -0.2) is 4.98 Å². The summed E-state index contributed by atoms with van der Waals surface area (Å²) in [5.41, 5.74) is 3.38. The van der Waals surface area contributed by atoms with E-state index in [1.54, 1.807) is 55.5 Å². The highest BCUT2D eigenvalue weighted by Crippen LogP contribution is 2.44. The molecule has 2 aromatic heterocycles. The fourth-order valence-corrected chi connectivity index (χ4v) is 5.08. The van der Waals surface area contributed by atoms with Gasteiger partial charge in [0.05, 0.1) is 27.5 Å². The number of nitrogens with zero attached hydrogens (tertiary/aromatic N) is 2. The minimum Gasteiger partial charge on any atom is -0.503 e. The van der Waals surface area contributed by atoms with Gasteiger partial charge in [-0.3, -0.25) is 25.2 Å². The SMILES string of the molecule is Cc1ccc(C(=O)C2=C(O)C(=O)N(c3nc4ccc(Cl)cc4s3)C2c2cccc(NO)c2)o1. The Morgan fingerprint density at radius 3 is 2.76 bits per heavy atom. The van der Waals surface area contributed by atoms with Crippen molar-refractivity contribution in [3.63, 3.8) is 0 Å². The molecule has 3 heterocycles. The Morgan fingerprint density at radius 1 is 1.21 bits per heavy atom. The Morgan fingerprint density at radius 2 is 2.03 bits per heavy atom. The maximum Gasteiger partial charge on any atom is 0.296 e. The quantitative estimate of drug-likeness (QED) is 0.257. The molecule has 3 N–H and O–H groups in total. The van der Waals surface area contributed by atoms with Crippen molar-refractivity contribution in [1.29, 1.82) is 0 Å². The van der Waals surface area contributed by atoms with Crippen LogP contribution in [0.4, 0.5) is 10.8 Å². The molecule has 166 valence electrons. The van der Waals surface area contributed by atoms with Gasteiger partial charge in [0.2, 0.25) is 5.78 Å². The lowest BCUT2D eigenvalue weighted by atomic mass is 9.95. The maximum atomic E-state index is 13.4. The molecule has 1 atom stereocenters. The van der Waals surface area contributed by atoms with Crippen molar-refractivity contribution in [3.05, 3.63) is 88.0 Å². The van der Waals surface area contributed by atoms with Crippen LogP contribution in [0.3, 0.4) is 0 Å². The summed E-state index contributed by atoms with van der Waals surface area (Å²) in [7, 11) is 0. The molecule has 4 aromatic rings. The van der Waals surface area contributed by atoms with Gasteiger partial charge < -0.3 is 9.52 Å². The second kappa shape index (κ2) is 8.04. The fraction of sp³-hybridized carbons (Fsp3) is 0.0870. The van der Waals surface area contributed by atoms with Crippen LogP contribution >= 0.6 is 22.9 Å². The molecular formula is C23H16ClN3O5S. The first-order valence-electron chi connectivity index (χ1n) is 9.81. The number of aryl methyl sites for hydroxylation is 1. The number of nitrogens with one attached hydrogen (secondary N) is 1. The predicted octanol–water partition coefficient (Wildman–Crippen LogP) is 5.44. The number of aromatic nitrogens is 1. The molecule has 1 aliphatic rings. The number of hydrogen-bond donors (Lipinski definition) is 3. The van der Waals surface area contributed by atoms with Crippen LogP contribution in [-0.4, -0.2) is 27.0 Å². The number of carbonyl (C=O) groups is 2. The number of amides is 1. The lowest BCUT2D eigenvalue weighted by Crippen LogP contribution is -2.31. The predicted molar refractivity (Wildman–Crippen MR) is 124 cm³/mol. The maximum absolute atomic E-state index is 13.4. The van der Waals surface area contributed by atoms with E-state index in [0.717, 1.165) is 4.70 Å². The highest BCUT2D eigenvalue weighted by molar-refractivity contribution is 7.22. The zero-order valence-corrected chi connectivity index (χ0v) is 18.6. The van der Waals surface area contributed by atoms with Gasteiger partial charge in [-0.1, -0.05) is 35.1 Å². The van der Waals surface area contributed by atoms with Gasteiger partial charge in [0.25, 0.3) is 5.91 Å². The highest BCUT2D eigenvalue weighted by atomic mass is 35.5. The number of aliphatic hydroxyl groups is 1. The van der Waals surface area contributed by atoms with Gasteiger partial charge >= 0.3 is 0 Å². The standard InChI is InChI=1S/C23H16ClN3O5S/c1-11-5-8-16(32-11)20(28)18-19(12-3-2-4-14(9-12)26-31)27(22(30)21(18)29)23-25-15-7-6-13(24)10-17(15)33-23/h2-10,19,26,29,31H,1H3. The Bertz CT molecular complexity index is 1460. The van der Waals surface area contributed by atoms with Crippen LogP contribution in [0.1, 0.15) is 27.9 Å². The van der Waals surface area contributed by atoms with Crippen LogP contribution in [-0.2, 0) is 4.79 Å². The number of halogens is 1. The summed E-state index contributed by atoms with van der Waals surface area (Å²) in [6, 6.07) is 13.8. The van der Waals surface area contributed by atoms with E-state index in [-0.39, 0.29) is 16.5 Å². The van der Waals surface area contributed by atoms with Crippen molar-refractivity contribution in [2.45, 2.75) is 13.0 Å². The zero-order valence-electron chi connectivity index (χ0n) is 17.1. The van der Waals surface area contributed by atoms with E-state index in [2.05, 4.69) is 10.5 Å².